The first kappa shape index (κ1) is 47.0. The highest BCUT2D eigenvalue weighted by atomic mass is 32.1. The molecule has 3 aromatic heterocycles. The number of allylic oxidation sites excluding steroid dienone is 5. The summed E-state index contributed by atoms with van der Waals surface area (Å²) < 4.78 is 34.2. The molecule has 0 unspecified atom stereocenters. The third kappa shape index (κ3) is 9.29. The summed E-state index contributed by atoms with van der Waals surface area (Å²) in [5.41, 5.74) is 6.26. The Bertz CT molecular complexity index is 2790. The lowest BCUT2D eigenvalue weighted by molar-refractivity contribution is -0.142. The van der Waals surface area contributed by atoms with Crippen molar-refractivity contribution in [1.82, 2.24) is 35.3 Å². The average molecular weight is 921 g/mol. The van der Waals surface area contributed by atoms with Crippen molar-refractivity contribution in [2.45, 2.75) is 106 Å². The molecule has 1 fully saturated rings. The second-order valence-electron chi connectivity index (χ2n) is 17.8. The van der Waals surface area contributed by atoms with Crippen LogP contribution in [-0.4, -0.2) is 77.9 Å². The number of thiazole rings is 1. The van der Waals surface area contributed by atoms with E-state index < -0.39 is 59.0 Å². The molecule has 7 rings (SSSR count). The van der Waals surface area contributed by atoms with Crippen LogP contribution in [0.15, 0.2) is 83.1 Å². The number of fused-ring (bicyclic) bond motifs is 3. The van der Waals surface area contributed by atoms with E-state index in [4.69, 9.17) is 4.99 Å². The SMILES string of the molecule is C=C(/C(F)=C\C(=C/C)C1=N[C@@H](C)c2nnc(C)n2-c2sc(C)c(C)c21)c1ccc(C(=O)N[C@H](C(=O)N2C[C@H](O)C[C@H]2C(=O)N[C@@H](C)c2ccc(-c3scnc3C)cc2)C(C)(C)C)c(F)c1. The van der Waals surface area contributed by atoms with Crippen molar-refractivity contribution in [2.24, 2.45) is 10.4 Å². The summed E-state index contributed by atoms with van der Waals surface area (Å²) in [7, 11) is 0. The Morgan fingerprint density at radius 1 is 1.05 bits per heavy atom. The summed E-state index contributed by atoms with van der Waals surface area (Å²) in [5, 5.41) is 26.0. The van der Waals surface area contributed by atoms with Crippen LogP contribution in [-0.2, 0) is 9.59 Å². The average Bonchev–Trinajstić information content (AvgIpc) is 4.03. The van der Waals surface area contributed by atoms with Gasteiger partial charge in [0.25, 0.3) is 5.91 Å². The molecule has 5 atom stereocenters. The van der Waals surface area contributed by atoms with Crippen molar-refractivity contribution < 1.29 is 28.3 Å². The van der Waals surface area contributed by atoms with Crippen LogP contribution in [0, 0.1) is 38.9 Å². The summed E-state index contributed by atoms with van der Waals surface area (Å²) in [6.45, 7) is 22.4. The Kier molecular flexibility index (Phi) is 13.4. The molecule has 5 heterocycles. The standard InChI is InChI=1S/C49H54F2N8O4S2/c1-12-31(41-40-24(2)29(7)65-48(40)59-30(8)56-57-44(59)28(6)53-41)19-37(50)25(3)34-17-18-36(38(51)20-34)45(61)55-43(49(9,10)11)47(63)58-22-35(60)21-39(58)46(62)54-26(4)32-13-15-33(16-14-32)42-27(5)52-23-64-42/h12-20,23,26,28,35,39,43,60H,3,21-22H2,1-2,4-11H3,(H,54,62)(H,55,61)/b31-12+,37-19+/t26-,28-,35+,39-,43+/m0/s1. The number of benzene rings is 2. The molecule has 16 heteroatoms. The lowest BCUT2D eigenvalue weighted by Gasteiger charge is -2.35. The molecule has 0 radical (unpaired) electrons. The van der Waals surface area contributed by atoms with Gasteiger partial charge in [-0.2, -0.15) is 0 Å². The van der Waals surface area contributed by atoms with Crippen LogP contribution < -0.4 is 10.6 Å². The number of nitrogens with one attached hydrogen (secondary N) is 2. The summed E-state index contributed by atoms with van der Waals surface area (Å²) in [5.74, 6) is -2.21. The van der Waals surface area contributed by atoms with E-state index in [1.807, 2.05) is 70.4 Å². The highest BCUT2D eigenvalue weighted by molar-refractivity contribution is 7.15. The van der Waals surface area contributed by atoms with Crippen LogP contribution in [0.2, 0.25) is 0 Å². The maximum Gasteiger partial charge on any atom is 0.254 e. The molecule has 5 aromatic rings. The second-order valence-corrected chi connectivity index (χ2v) is 19.8. The van der Waals surface area contributed by atoms with Crippen LogP contribution in [0.1, 0.15) is 115 Å². The molecule has 3 N–H and O–H groups in total. The van der Waals surface area contributed by atoms with Gasteiger partial charge in [0.1, 0.15) is 40.6 Å². The van der Waals surface area contributed by atoms with Crippen molar-refractivity contribution in [2.75, 3.05) is 6.54 Å². The van der Waals surface area contributed by atoms with Crippen molar-refractivity contribution in [1.29, 1.82) is 0 Å². The molecular formula is C49H54F2N8O4S2. The Balaban J connectivity index is 1.06. The number of amides is 3. The van der Waals surface area contributed by atoms with Gasteiger partial charge in [0.15, 0.2) is 5.82 Å². The van der Waals surface area contributed by atoms with E-state index in [0.717, 1.165) is 48.8 Å². The van der Waals surface area contributed by atoms with Gasteiger partial charge in [-0.05, 0) is 99.9 Å². The summed E-state index contributed by atoms with van der Waals surface area (Å²) in [6.07, 6.45) is 2.12. The molecule has 1 saturated heterocycles. The number of likely N-dealkylation sites (tertiary alicyclic amines) is 1. The van der Waals surface area contributed by atoms with E-state index in [1.165, 1.54) is 23.1 Å². The molecule has 340 valence electrons. The van der Waals surface area contributed by atoms with E-state index in [2.05, 4.69) is 32.4 Å². The third-order valence-corrected chi connectivity index (χ3v) is 14.3. The number of rotatable bonds is 11. The number of thiophene rings is 1. The van der Waals surface area contributed by atoms with Gasteiger partial charge in [-0.15, -0.1) is 32.9 Å². The van der Waals surface area contributed by atoms with Crippen LogP contribution in [0.5, 0.6) is 0 Å². The highest BCUT2D eigenvalue weighted by Crippen LogP contribution is 2.40. The van der Waals surface area contributed by atoms with Gasteiger partial charge in [-0.1, -0.05) is 63.8 Å². The van der Waals surface area contributed by atoms with Gasteiger partial charge in [-0.3, -0.25) is 23.9 Å². The van der Waals surface area contributed by atoms with Crippen LogP contribution in [0.3, 0.4) is 0 Å². The Labute approximate surface area is 385 Å². The van der Waals surface area contributed by atoms with E-state index in [-0.39, 0.29) is 35.7 Å². The molecule has 0 saturated carbocycles. The van der Waals surface area contributed by atoms with Crippen LogP contribution >= 0.6 is 22.7 Å². The minimum atomic E-state index is -1.21. The zero-order valence-corrected chi connectivity index (χ0v) is 39.8. The number of aliphatic hydroxyl groups is 1. The smallest absolute Gasteiger partial charge is 0.254 e. The summed E-state index contributed by atoms with van der Waals surface area (Å²) >= 11 is 3.14. The van der Waals surface area contributed by atoms with E-state index in [1.54, 1.807) is 62.0 Å². The molecule has 3 amide bonds. The Hall–Kier alpha value is -5.97. The van der Waals surface area contributed by atoms with Crippen molar-refractivity contribution in [3.05, 3.63) is 134 Å². The first-order valence-corrected chi connectivity index (χ1v) is 23.1. The second kappa shape index (κ2) is 18.5. The highest BCUT2D eigenvalue weighted by Gasteiger charge is 2.45. The number of carbonyl (C=O) groups is 3. The van der Waals surface area contributed by atoms with Gasteiger partial charge in [0, 0.05) is 29.0 Å². The first-order chi connectivity index (χ1) is 30.7. The van der Waals surface area contributed by atoms with Crippen molar-refractivity contribution in [3.8, 4) is 15.4 Å². The minimum absolute atomic E-state index is 0.00412. The van der Waals surface area contributed by atoms with Crippen molar-refractivity contribution in [3.63, 3.8) is 0 Å². The molecule has 65 heavy (non-hydrogen) atoms. The van der Waals surface area contributed by atoms with E-state index in [0.29, 0.717) is 22.9 Å². The number of aryl methyl sites for hydroxylation is 3. The Morgan fingerprint density at radius 2 is 1.75 bits per heavy atom. The topological polar surface area (TPSA) is 155 Å². The normalized spacial score (nSPS) is 18.6. The van der Waals surface area contributed by atoms with E-state index >= 15 is 8.78 Å². The lowest BCUT2D eigenvalue weighted by atomic mass is 9.85. The number of hydrogen-bond donors (Lipinski definition) is 3. The minimum Gasteiger partial charge on any atom is -0.391 e. The van der Waals surface area contributed by atoms with Gasteiger partial charge < -0.3 is 20.6 Å². The van der Waals surface area contributed by atoms with Crippen molar-refractivity contribution >= 4 is 51.7 Å². The van der Waals surface area contributed by atoms with Crippen LogP contribution in [0.25, 0.3) is 21.0 Å². The number of β-amino-alcohol motifs (C(OH)–C–C–N with tert-alkyl or cyclic N) is 1. The zero-order chi connectivity index (χ0) is 47.2. The summed E-state index contributed by atoms with van der Waals surface area (Å²) in [6, 6.07) is 8.42. The predicted octanol–water partition coefficient (Wildman–Crippen LogP) is 9.19. The zero-order valence-electron chi connectivity index (χ0n) is 38.2. The van der Waals surface area contributed by atoms with Crippen LogP contribution in [0.4, 0.5) is 8.78 Å². The summed E-state index contributed by atoms with van der Waals surface area (Å²) in [4.78, 5) is 54.6. The predicted molar refractivity (Wildman–Crippen MR) is 252 cm³/mol. The fourth-order valence-electron chi connectivity index (χ4n) is 8.24. The fraction of sp³-hybridized carbons (Fsp3) is 0.367. The largest absolute Gasteiger partial charge is 0.391 e. The maximum atomic E-state index is 16.2. The molecule has 2 aromatic carbocycles. The number of hydrogen-bond acceptors (Lipinski definition) is 10. The number of carbonyl (C=O) groups excluding carboxylic acids is 3. The molecule has 2 aliphatic rings. The molecule has 0 spiro atoms. The molecule has 12 nitrogen and oxygen atoms in total. The molecule has 0 bridgehead atoms. The first-order valence-electron chi connectivity index (χ1n) is 21.4. The van der Waals surface area contributed by atoms with E-state index in [9.17, 15) is 19.5 Å². The van der Waals surface area contributed by atoms with Gasteiger partial charge in [0.2, 0.25) is 11.8 Å². The third-order valence-electron chi connectivity index (χ3n) is 12.1. The number of aromatic nitrogens is 4. The molecule has 0 aliphatic carbocycles. The number of halogens is 2. The van der Waals surface area contributed by atoms with Gasteiger partial charge >= 0.3 is 0 Å². The quantitative estimate of drug-likeness (QED) is 0.112. The van der Waals surface area contributed by atoms with Gasteiger partial charge in [-0.25, -0.2) is 13.8 Å². The fourth-order valence-corrected chi connectivity index (χ4v) is 10.3. The lowest BCUT2D eigenvalue weighted by Crippen LogP contribution is -2.58. The molecule has 2 aliphatic heterocycles. The number of aliphatic hydroxyl groups excluding tert-OH is 1. The number of nitrogens with zero attached hydrogens (tertiary/aromatic N) is 6. The Morgan fingerprint density at radius 3 is 2.38 bits per heavy atom. The monoisotopic (exact) mass is 920 g/mol. The van der Waals surface area contributed by atoms with Gasteiger partial charge in [0.05, 0.1) is 39.5 Å². The maximum absolute atomic E-state index is 16.2. The number of aliphatic imine (C=N–C) groups is 1. The molecular weight excluding hydrogens is 867 g/mol.